The predicted octanol–water partition coefficient (Wildman–Crippen LogP) is 1.94. The molecule has 1 aliphatic heterocycles. The molecule has 0 aliphatic carbocycles. The summed E-state index contributed by atoms with van der Waals surface area (Å²) in [4.78, 5) is 4.22. The number of rotatable bonds is 2. The van der Waals surface area contributed by atoms with Crippen LogP contribution in [0, 0.1) is 6.92 Å². The van der Waals surface area contributed by atoms with Crippen molar-refractivity contribution in [2.24, 2.45) is 0 Å². The molecule has 0 bridgehead atoms. The fraction of sp³-hybridized carbons (Fsp3) is 0.500. The van der Waals surface area contributed by atoms with Gasteiger partial charge in [-0.25, -0.2) is 0 Å². The van der Waals surface area contributed by atoms with Crippen molar-refractivity contribution in [2.75, 3.05) is 6.61 Å². The van der Waals surface area contributed by atoms with E-state index in [1.165, 1.54) is 0 Å². The topological polar surface area (TPSA) is 31.4 Å². The van der Waals surface area contributed by atoms with Crippen LogP contribution >= 0.6 is 0 Å². The van der Waals surface area contributed by atoms with Crippen molar-refractivity contribution in [3.63, 3.8) is 0 Å². The van der Waals surface area contributed by atoms with Gasteiger partial charge in [0.05, 0.1) is 0 Å². The molecular formula is C10H11AlF3NO2. The number of hydrogen-bond acceptors (Lipinski definition) is 3. The Labute approximate surface area is 102 Å². The first-order chi connectivity index (χ1) is 7.95. The highest BCUT2D eigenvalue weighted by atomic mass is 27.2. The van der Waals surface area contributed by atoms with Gasteiger partial charge in [0.2, 0.25) is 0 Å². The molecule has 1 saturated heterocycles. The molecule has 0 amide bonds. The number of pyridine rings is 1. The third kappa shape index (κ3) is 3.42. The molecule has 1 fully saturated rings. The van der Waals surface area contributed by atoms with Gasteiger partial charge in [0.25, 0.3) is 0 Å². The van der Waals surface area contributed by atoms with E-state index in [1.54, 1.807) is 6.07 Å². The Morgan fingerprint density at radius 2 is 2.24 bits per heavy atom. The first kappa shape index (κ1) is 12.8. The quantitative estimate of drug-likeness (QED) is 0.762. The minimum atomic E-state index is -4.33. The number of hydrogen-bond donors (Lipinski definition) is 0. The Bertz CT molecular complexity index is 399. The highest BCUT2D eigenvalue weighted by molar-refractivity contribution is 6.44. The van der Waals surface area contributed by atoms with Crippen molar-refractivity contribution in [3.05, 3.63) is 29.6 Å². The number of halogens is 3. The predicted molar refractivity (Wildman–Crippen MR) is 55.3 cm³/mol. The molecule has 1 unspecified atom stereocenters. The Hall–Kier alpha value is -0.608. The summed E-state index contributed by atoms with van der Waals surface area (Å²) in [6, 6.07) is 5.43. The smallest absolute Gasteiger partial charge is 0.476 e. The van der Waals surface area contributed by atoms with E-state index in [1.807, 2.05) is 19.1 Å². The minimum absolute atomic E-state index is 0.369. The molecule has 17 heavy (non-hydrogen) atoms. The standard InChI is InChI=1S/C7H8N.C3H3F3O2.Al/c1-6-4-3-5-7(2)8-6;4-3(5,6)2(8)1-7;/h3-5H,1H2,2H3;2H,1H2;/q;-2;+2. The van der Waals surface area contributed by atoms with E-state index in [0.717, 1.165) is 11.4 Å². The molecule has 1 aromatic heterocycles. The lowest BCUT2D eigenvalue weighted by molar-refractivity contribution is -0.190. The molecule has 0 spiro atoms. The molecule has 1 aromatic rings. The molecule has 2 rings (SSSR count). The van der Waals surface area contributed by atoms with Crippen LogP contribution in [0.2, 0.25) is 0 Å². The van der Waals surface area contributed by atoms with Crippen LogP contribution < -0.4 is 0 Å². The average Bonchev–Trinajstić information content (AvgIpc) is 2.65. The number of nitrogens with zero attached hydrogens (tertiary/aromatic N) is 1. The summed E-state index contributed by atoms with van der Waals surface area (Å²) in [5.41, 5.74) is 1.56. The van der Waals surface area contributed by atoms with E-state index in [0.29, 0.717) is 5.28 Å². The minimum Gasteiger partial charge on any atom is -0.476 e. The SMILES string of the molecule is Cc1cccc([CH2][Al]2[O]CC(C(F)(F)F)[O]2)n1. The maximum absolute atomic E-state index is 12.3. The lowest BCUT2D eigenvalue weighted by atomic mass is 10.3. The first-order valence-corrected chi connectivity index (χ1v) is 6.97. The zero-order valence-electron chi connectivity index (χ0n) is 9.20. The molecule has 3 nitrogen and oxygen atoms in total. The van der Waals surface area contributed by atoms with Gasteiger partial charge in [-0.3, -0.25) is 4.98 Å². The van der Waals surface area contributed by atoms with E-state index in [2.05, 4.69) is 4.98 Å². The van der Waals surface area contributed by atoms with Gasteiger partial charge in [-0.1, -0.05) is 6.07 Å². The molecule has 0 radical (unpaired) electrons. The van der Waals surface area contributed by atoms with Crippen LogP contribution in [0.15, 0.2) is 18.2 Å². The van der Waals surface area contributed by atoms with Crippen molar-refractivity contribution in [2.45, 2.75) is 24.5 Å². The summed E-state index contributed by atoms with van der Waals surface area (Å²) in [5, 5.41) is 0.369. The highest BCUT2D eigenvalue weighted by Crippen LogP contribution is 2.28. The summed E-state index contributed by atoms with van der Waals surface area (Å²) in [5.74, 6) is 0. The van der Waals surface area contributed by atoms with Crippen molar-refractivity contribution in [1.29, 1.82) is 0 Å². The second-order valence-electron chi connectivity index (χ2n) is 3.90. The van der Waals surface area contributed by atoms with Gasteiger partial charge in [-0.05, 0) is 19.1 Å². The zero-order chi connectivity index (χ0) is 12.5. The van der Waals surface area contributed by atoms with E-state index < -0.39 is 27.1 Å². The van der Waals surface area contributed by atoms with E-state index in [-0.39, 0.29) is 6.61 Å². The van der Waals surface area contributed by atoms with Crippen LogP contribution in [0.4, 0.5) is 13.2 Å². The maximum atomic E-state index is 12.3. The normalized spacial score (nSPS) is 20.9. The molecule has 0 N–H and O–H groups in total. The monoisotopic (exact) mass is 261 g/mol. The average molecular weight is 261 g/mol. The first-order valence-electron chi connectivity index (χ1n) is 5.21. The van der Waals surface area contributed by atoms with Gasteiger partial charge in [0, 0.05) is 23.3 Å². The lowest BCUT2D eigenvalue weighted by Crippen LogP contribution is -2.32. The second-order valence-corrected chi connectivity index (χ2v) is 5.78. The van der Waals surface area contributed by atoms with Gasteiger partial charge < -0.3 is 7.58 Å². The van der Waals surface area contributed by atoms with Crippen molar-refractivity contribution >= 4 is 14.8 Å². The molecular weight excluding hydrogens is 250 g/mol. The maximum Gasteiger partial charge on any atom is 0.681 e. The molecule has 1 atom stereocenters. The van der Waals surface area contributed by atoms with Gasteiger partial charge in [0.15, 0.2) is 0 Å². The fourth-order valence-electron chi connectivity index (χ4n) is 1.62. The van der Waals surface area contributed by atoms with Gasteiger partial charge in [-0.15, -0.1) is 0 Å². The molecule has 2 heterocycles. The summed E-state index contributed by atoms with van der Waals surface area (Å²) >= 11 is -2.27. The summed E-state index contributed by atoms with van der Waals surface area (Å²) < 4.78 is 47.0. The van der Waals surface area contributed by atoms with Crippen LogP contribution in [0.1, 0.15) is 11.4 Å². The fourth-order valence-corrected chi connectivity index (χ4v) is 3.47. The Balaban J connectivity index is 1.94. The number of alkyl halides is 3. The molecule has 92 valence electrons. The zero-order valence-corrected chi connectivity index (χ0v) is 10.4. The second kappa shape index (κ2) is 4.95. The third-order valence-electron chi connectivity index (χ3n) is 2.44. The van der Waals surface area contributed by atoms with E-state index in [4.69, 9.17) is 7.58 Å². The highest BCUT2D eigenvalue weighted by Gasteiger charge is 2.49. The number of aryl methyl sites for hydroxylation is 1. The van der Waals surface area contributed by atoms with Crippen molar-refractivity contribution in [3.8, 4) is 0 Å². The third-order valence-corrected chi connectivity index (χ3v) is 4.38. The van der Waals surface area contributed by atoms with Crippen LogP contribution in [0.5, 0.6) is 0 Å². The van der Waals surface area contributed by atoms with Crippen LogP contribution in [0.3, 0.4) is 0 Å². The summed E-state index contributed by atoms with van der Waals surface area (Å²) in [7, 11) is 0. The van der Waals surface area contributed by atoms with Crippen LogP contribution in [0.25, 0.3) is 0 Å². The van der Waals surface area contributed by atoms with E-state index >= 15 is 0 Å². The van der Waals surface area contributed by atoms with Gasteiger partial charge in [0.1, 0.15) is 6.10 Å². The van der Waals surface area contributed by atoms with Crippen LogP contribution in [-0.2, 0) is 12.9 Å². The Morgan fingerprint density at radius 1 is 1.47 bits per heavy atom. The molecule has 1 aliphatic rings. The van der Waals surface area contributed by atoms with Crippen molar-refractivity contribution < 1.29 is 20.7 Å². The Morgan fingerprint density at radius 3 is 2.82 bits per heavy atom. The Kier molecular flexibility index (Phi) is 3.73. The van der Waals surface area contributed by atoms with Crippen molar-refractivity contribution in [1.82, 2.24) is 4.98 Å². The summed E-state index contributed by atoms with van der Waals surface area (Å²) in [6.07, 6.45) is -6.09. The molecule has 0 aromatic carbocycles. The van der Waals surface area contributed by atoms with Gasteiger partial charge >= 0.3 is 21.0 Å². The number of aromatic nitrogens is 1. The largest absolute Gasteiger partial charge is 0.681 e. The molecule has 0 saturated carbocycles. The van der Waals surface area contributed by atoms with Crippen LogP contribution in [-0.4, -0.2) is 38.7 Å². The lowest BCUT2D eigenvalue weighted by Gasteiger charge is -2.13. The van der Waals surface area contributed by atoms with E-state index in [9.17, 15) is 13.2 Å². The molecule has 7 heteroatoms. The summed E-state index contributed by atoms with van der Waals surface area (Å²) in [6.45, 7) is 1.45. The van der Waals surface area contributed by atoms with Gasteiger partial charge in [-0.2, -0.15) is 13.2 Å².